The van der Waals surface area contributed by atoms with Crippen LogP contribution in [-0.2, 0) is 9.53 Å². The molecule has 0 bridgehead atoms. The minimum Gasteiger partial charge on any atom is -0.364 e. The highest BCUT2D eigenvalue weighted by atomic mass is 19.1. The second-order valence-corrected chi connectivity index (χ2v) is 4.63. The summed E-state index contributed by atoms with van der Waals surface area (Å²) < 4.78 is 18.7. The van der Waals surface area contributed by atoms with E-state index in [1.54, 1.807) is 6.92 Å². The number of Topliss-reactive ketones (excluding diaryl/α,β-unsaturated/α-hetero) is 1. The molecule has 0 saturated carbocycles. The highest BCUT2D eigenvalue weighted by Gasteiger charge is 2.49. The number of rotatable bonds is 2. The van der Waals surface area contributed by atoms with Crippen LogP contribution in [0.1, 0.15) is 34.1 Å². The number of ether oxygens (including phenoxy) is 1. The van der Waals surface area contributed by atoms with Gasteiger partial charge in [-0.3, -0.25) is 4.79 Å². The molecule has 1 fully saturated rings. The van der Waals surface area contributed by atoms with Gasteiger partial charge in [-0.1, -0.05) is 13.8 Å². The van der Waals surface area contributed by atoms with Crippen molar-refractivity contribution in [3.8, 4) is 0 Å². The Morgan fingerprint density at radius 1 is 1.46 bits per heavy atom. The fourth-order valence-corrected chi connectivity index (χ4v) is 1.88. The Hall–Kier alpha value is -0.440. The fourth-order valence-electron chi connectivity index (χ4n) is 1.88. The minimum atomic E-state index is -1.35. The molecular weight excluding hydrogens is 171 g/mol. The van der Waals surface area contributed by atoms with E-state index in [0.29, 0.717) is 0 Å². The standard InChI is InChI=1S/C10H17FO2/c1-7(2)8(12)10(4)5-9(3,11)6-13-10/h7H,5-6H2,1-4H3/t9?,10-/m0/s1. The third-order valence-corrected chi connectivity index (χ3v) is 2.44. The Balaban J connectivity index is 2.75. The lowest BCUT2D eigenvalue weighted by Gasteiger charge is -2.23. The predicted octanol–water partition coefficient (Wildman–Crippen LogP) is 2.12. The lowest BCUT2D eigenvalue weighted by atomic mass is 9.86. The molecule has 0 amide bonds. The summed E-state index contributed by atoms with van der Waals surface area (Å²) in [6.45, 7) is 6.81. The van der Waals surface area contributed by atoms with Gasteiger partial charge in [0.1, 0.15) is 11.3 Å². The van der Waals surface area contributed by atoms with Gasteiger partial charge >= 0.3 is 0 Å². The van der Waals surface area contributed by atoms with Crippen LogP contribution in [0.15, 0.2) is 0 Å². The van der Waals surface area contributed by atoms with Crippen LogP contribution >= 0.6 is 0 Å². The zero-order valence-electron chi connectivity index (χ0n) is 8.69. The molecule has 1 saturated heterocycles. The van der Waals surface area contributed by atoms with Crippen molar-refractivity contribution in [2.75, 3.05) is 6.61 Å². The average Bonchev–Trinajstić information content (AvgIpc) is 2.25. The van der Waals surface area contributed by atoms with Gasteiger partial charge in [-0.15, -0.1) is 0 Å². The molecule has 3 heteroatoms. The van der Waals surface area contributed by atoms with E-state index in [1.807, 2.05) is 13.8 Å². The molecule has 0 aromatic heterocycles. The van der Waals surface area contributed by atoms with E-state index in [1.165, 1.54) is 6.92 Å². The van der Waals surface area contributed by atoms with Gasteiger partial charge in [0.25, 0.3) is 0 Å². The van der Waals surface area contributed by atoms with Crippen LogP contribution in [0.2, 0.25) is 0 Å². The maximum Gasteiger partial charge on any atom is 0.166 e. The van der Waals surface area contributed by atoms with Crippen LogP contribution in [0.5, 0.6) is 0 Å². The van der Waals surface area contributed by atoms with Gasteiger partial charge in [-0.25, -0.2) is 4.39 Å². The number of alkyl halides is 1. The van der Waals surface area contributed by atoms with Crippen LogP contribution in [0.4, 0.5) is 4.39 Å². The van der Waals surface area contributed by atoms with E-state index in [2.05, 4.69) is 0 Å². The minimum absolute atomic E-state index is 0.00567. The van der Waals surface area contributed by atoms with Crippen LogP contribution in [0, 0.1) is 5.92 Å². The van der Waals surface area contributed by atoms with E-state index in [9.17, 15) is 9.18 Å². The number of hydrogen-bond acceptors (Lipinski definition) is 2. The maximum absolute atomic E-state index is 13.5. The Bertz CT molecular complexity index is 223. The molecule has 0 aromatic carbocycles. The molecule has 1 rings (SSSR count). The normalized spacial score (nSPS) is 39.8. The van der Waals surface area contributed by atoms with Crippen molar-refractivity contribution in [3.05, 3.63) is 0 Å². The predicted molar refractivity (Wildman–Crippen MR) is 48.3 cm³/mol. The summed E-state index contributed by atoms with van der Waals surface area (Å²) in [4.78, 5) is 11.7. The zero-order chi connectivity index (χ0) is 10.3. The first kappa shape index (κ1) is 10.6. The van der Waals surface area contributed by atoms with E-state index in [-0.39, 0.29) is 24.7 Å². The molecule has 0 aromatic rings. The quantitative estimate of drug-likeness (QED) is 0.663. The molecule has 1 aliphatic heterocycles. The van der Waals surface area contributed by atoms with Crippen molar-refractivity contribution in [1.29, 1.82) is 0 Å². The number of carbonyl (C=O) groups excluding carboxylic acids is 1. The van der Waals surface area contributed by atoms with E-state index >= 15 is 0 Å². The fraction of sp³-hybridized carbons (Fsp3) is 0.900. The molecule has 13 heavy (non-hydrogen) atoms. The largest absolute Gasteiger partial charge is 0.364 e. The van der Waals surface area contributed by atoms with E-state index in [0.717, 1.165) is 0 Å². The molecule has 1 unspecified atom stereocenters. The molecule has 0 N–H and O–H groups in total. The first-order valence-corrected chi connectivity index (χ1v) is 4.64. The summed E-state index contributed by atoms with van der Waals surface area (Å²) >= 11 is 0. The smallest absolute Gasteiger partial charge is 0.166 e. The van der Waals surface area contributed by atoms with Gasteiger partial charge in [-0.2, -0.15) is 0 Å². The van der Waals surface area contributed by atoms with Gasteiger partial charge in [0.15, 0.2) is 5.78 Å². The summed E-state index contributed by atoms with van der Waals surface area (Å²) in [5, 5.41) is 0. The van der Waals surface area contributed by atoms with Gasteiger partial charge in [-0.05, 0) is 13.8 Å². The Labute approximate surface area is 78.5 Å². The van der Waals surface area contributed by atoms with Crippen molar-refractivity contribution < 1.29 is 13.9 Å². The lowest BCUT2D eigenvalue weighted by molar-refractivity contribution is -0.140. The SMILES string of the molecule is CC(C)C(=O)[C@]1(C)CC(C)(F)CO1. The van der Waals surface area contributed by atoms with Crippen molar-refractivity contribution >= 4 is 5.78 Å². The maximum atomic E-state index is 13.5. The van der Waals surface area contributed by atoms with Gasteiger partial charge in [0, 0.05) is 12.3 Å². The Morgan fingerprint density at radius 2 is 2.00 bits per heavy atom. The van der Waals surface area contributed by atoms with Crippen molar-refractivity contribution in [2.24, 2.45) is 5.92 Å². The van der Waals surface area contributed by atoms with Gasteiger partial charge in [0.2, 0.25) is 0 Å². The Morgan fingerprint density at radius 3 is 2.31 bits per heavy atom. The number of hydrogen-bond donors (Lipinski definition) is 0. The van der Waals surface area contributed by atoms with Crippen LogP contribution in [-0.4, -0.2) is 23.7 Å². The summed E-state index contributed by atoms with van der Waals surface area (Å²) in [6, 6.07) is 0. The topological polar surface area (TPSA) is 26.3 Å². The molecule has 0 aliphatic carbocycles. The molecule has 1 heterocycles. The summed E-state index contributed by atoms with van der Waals surface area (Å²) in [7, 11) is 0. The highest BCUT2D eigenvalue weighted by molar-refractivity contribution is 5.89. The summed E-state index contributed by atoms with van der Waals surface area (Å²) in [5.74, 6) is -0.104. The number of carbonyl (C=O) groups is 1. The third-order valence-electron chi connectivity index (χ3n) is 2.44. The molecule has 1 aliphatic rings. The Kier molecular flexibility index (Phi) is 2.50. The van der Waals surface area contributed by atoms with E-state index in [4.69, 9.17) is 4.74 Å². The van der Waals surface area contributed by atoms with Gasteiger partial charge in [0.05, 0.1) is 6.61 Å². The zero-order valence-corrected chi connectivity index (χ0v) is 8.69. The number of halogens is 1. The molecule has 0 spiro atoms. The first-order chi connectivity index (χ1) is 5.77. The molecule has 2 nitrogen and oxygen atoms in total. The molecule has 0 radical (unpaired) electrons. The summed E-state index contributed by atoms with van der Waals surface area (Å²) in [6.07, 6.45) is 0.178. The third kappa shape index (κ3) is 2.08. The van der Waals surface area contributed by atoms with Crippen molar-refractivity contribution in [1.82, 2.24) is 0 Å². The van der Waals surface area contributed by atoms with Crippen LogP contribution < -0.4 is 0 Å². The summed E-state index contributed by atoms with van der Waals surface area (Å²) in [5.41, 5.74) is -2.25. The first-order valence-electron chi connectivity index (χ1n) is 4.64. The van der Waals surface area contributed by atoms with Crippen molar-refractivity contribution in [2.45, 2.75) is 45.4 Å². The second kappa shape index (κ2) is 3.05. The van der Waals surface area contributed by atoms with Gasteiger partial charge < -0.3 is 4.74 Å². The van der Waals surface area contributed by atoms with E-state index < -0.39 is 11.3 Å². The monoisotopic (exact) mass is 188 g/mol. The molecule has 2 atom stereocenters. The lowest BCUT2D eigenvalue weighted by Crippen LogP contribution is -2.38. The second-order valence-electron chi connectivity index (χ2n) is 4.63. The highest BCUT2D eigenvalue weighted by Crippen LogP contribution is 2.37. The molecule has 76 valence electrons. The van der Waals surface area contributed by atoms with Crippen molar-refractivity contribution in [3.63, 3.8) is 0 Å². The number of ketones is 1. The van der Waals surface area contributed by atoms with Crippen LogP contribution in [0.25, 0.3) is 0 Å². The van der Waals surface area contributed by atoms with Crippen LogP contribution in [0.3, 0.4) is 0 Å². The average molecular weight is 188 g/mol. The molecular formula is C10H17FO2.